The lowest BCUT2D eigenvalue weighted by atomic mass is 10.2. The molecule has 2 aromatic heterocycles. The van der Waals surface area contributed by atoms with Crippen LogP contribution in [0.5, 0.6) is 0 Å². The molecule has 2 rings (SSSR count). The van der Waals surface area contributed by atoms with E-state index in [1.54, 1.807) is 36.7 Å². The van der Waals surface area contributed by atoms with E-state index in [4.69, 9.17) is 5.26 Å². The van der Waals surface area contributed by atoms with Crippen molar-refractivity contribution >= 4 is 11.7 Å². The lowest BCUT2D eigenvalue weighted by molar-refractivity contribution is 0.102. The van der Waals surface area contributed by atoms with Gasteiger partial charge in [0.15, 0.2) is 0 Å². The maximum Gasteiger partial charge on any atom is 0.256 e. The molecular weight excluding hydrogens is 216 g/mol. The number of anilines is 1. The zero-order chi connectivity index (χ0) is 12.1. The van der Waals surface area contributed by atoms with E-state index in [1.807, 2.05) is 6.07 Å². The van der Waals surface area contributed by atoms with Crippen LogP contribution < -0.4 is 5.32 Å². The maximum absolute atomic E-state index is 11.7. The Balaban J connectivity index is 2.11. The minimum atomic E-state index is -0.260. The van der Waals surface area contributed by atoms with Crippen molar-refractivity contribution in [2.45, 2.75) is 0 Å². The van der Waals surface area contributed by atoms with Crippen LogP contribution in [0.4, 0.5) is 5.82 Å². The van der Waals surface area contributed by atoms with E-state index in [0.29, 0.717) is 16.9 Å². The number of carbonyl (C=O) groups is 1. The van der Waals surface area contributed by atoms with Gasteiger partial charge >= 0.3 is 0 Å². The summed E-state index contributed by atoms with van der Waals surface area (Å²) >= 11 is 0. The number of nitrogens with one attached hydrogen (secondary N) is 1. The van der Waals surface area contributed by atoms with E-state index in [1.165, 1.54) is 6.20 Å². The van der Waals surface area contributed by atoms with Gasteiger partial charge in [-0.15, -0.1) is 0 Å². The smallest absolute Gasteiger partial charge is 0.256 e. The number of hydrogen-bond donors (Lipinski definition) is 1. The number of nitrogens with zero attached hydrogens (tertiary/aromatic N) is 3. The first-order valence-electron chi connectivity index (χ1n) is 4.87. The number of carbonyl (C=O) groups excluding carboxylic acids is 1. The third-order valence-electron chi connectivity index (χ3n) is 2.08. The molecule has 0 saturated heterocycles. The number of pyridine rings is 2. The average Bonchev–Trinajstić information content (AvgIpc) is 2.40. The van der Waals surface area contributed by atoms with Crippen molar-refractivity contribution in [2.24, 2.45) is 0 Å². The molecular formula is C12H8N4O. The Bertz CT molecular complexity index is 557. The second-order valence-corrected chi connectivity index (χ2v) is 3.23. The van der Waals surface area contributed by atoms with Gasteiger partial charge in [-0.3, -0.25) is 9.78 Å². The van der Waals surface area contributed by atoms with E-state index < -0.39 is 0 Å². The van der Waals surface area contributed by atoms with Gasteiger partial charge in [-0.2, -0.15) is 5.26 Å². The first-order chi connectivity index (χ1) is 8.29. The molecule has 0 saturated carbocycles. The van der Waals surface area contributed by atoms with E-state index in [2.05, 4.69) is 15.3 Å². The minimum Gasteiger partial charge on any atom is -0.307 e. The number of hydrogen-bond acceptors (Lipinski definition) is 4. The molecule has 0 aromatic carbocycles. The molecule has 2 aromatic rings. The molecule has 1 N–H and O–H groups in total. The van der Waals surface area contributed by atoms with E-state index in [0.717, 1.165) is 0 Å². The van der Waals surface area contributed by atoms with Gasteiger partial charge in [0.2, 0.25) is 0 Å². The zero-order valence-corrected chi connectivity index (χ0v) is 8.79. The van der Waals surface area contributed by atoms with Gasteiger partial charge in [-0.1, -0.05) is 0 Å². The third-order valence-corrected chi connectivity index (χ3v) is 2.08. The molecule has 0 spiro atoms. The molecule has 0 aliphatic carbocycles. The third kappa shape index (κ3) is 2.63. The Morgan fingerprint density at radius 3 is 2.59 bits per heavy atom. The highest BCUT2D eigenvalue weighted by atomic mass is 16.1. The first kappa shape index (κ1) is 10.8. The van der Waals surface area contributed by atoms with Crippen LogP contribution in [0.3, 0.4) is 0 Å². The molecule has 0 aliphatic rings. The molecule has 0 fully saturated rings. The van der Waals surface area contributed by atoms with Crippen LogP contribution in [-0.4, -0.2) is 15.9 Å². The normalized spacial score (nSPS) is 9.35. The summed E-state index contributed by atoms with van der Waals surface area (Å²) in [6.45, 7) is 0. The Labute approximate surface area is 97.8 Å². The van der Waals surface area contributed by atoms with Gasteiger partial charge in [0, 0.05) is 24.2 Å². The fourth-order valence-electron chi connectivity index (χ4n) is 1.23. The summed E-state index contributed by atoms with van der Waals surface area (Å²) in [5.74, 6) is 0.149. The van der Waals surface area contributed by atoms with Crippen molar-refractivity contribution in [2.75, 3.05) is 5.32 Å². The van der Waals surface area contributed by atoms with Crippen molar-refractivity contribution in [1.82, 2.24) is 9.97 Å². The predicted octanol–water partition coefficient (Wildman–Crippen LogP) is 1.60. The molecule has 0 atom stereocenters. The lowest BCUT2D eigenvalue weighted by Gasteiger charge is -2.03. The second kappa shape index (κ2) is 4.86. The molecule has 1 amide bonds. The molecule has 5 heteroatoms. The van der Waals surface area contributed by atoms with Gasteiger partial charge in [0.25, 0.3) is 5.91 Å². The van der Waals surface area contributed by atoms with E-state index in [9.17, 15) is 4.79 Å². The Hall–Kier alpha value is -2.74. The second-order valence-electron chi connectivity index (χ2n) is 3.23. The van der Waals surface area contributed by atoms with Crippen molar-refractivity contribution in [3.05, 3.63) is 54.0 Å². The standard InChI is InChI=1S/C12H8N4O/c13-7-9-1-2-11(15-8-9)16-12(17)10-3-5-14-6-4-10/h1-6,8H,(H,15,16,17). The average molecular weight is 224 g/mol. The number of aromatic nitrogens is 2. The fraction of sp³-hybridized carbons (Fsp3) is 0. The molecule has 0 unspecified atom stereocenters. The SMILES string of the molecule is N#Cc1ccc(NC(=O)c2ccncc2)nc1. The first-order valence-corrected chi connectivity index (χ1v) is 4.87. The monoisotopic (exact) mass is 224 g/mol. The van der Waals surface area contributed by atoms with Crippen molar-refractivity contribution in [3.8, 4) is 6.07 Å². The predicted molar refractivity (Wildman–Crippen MR) is 61.1 cm³/mol. The maximum atomic E-state index is 11.7. The van der Waals surface area contributed by atoms with Crippen LogP contribution in [0.25, 0.3) is 0 Å². The summed E-state index contributed by atoms with van der Waals surface area (Å²) < 4.78 is 0. The number of rotatable bonds is 2. The molecule has 0 bridgehead atoms. The van der Waals surface area contributed by atoms with Crippen LogP contribution in [0, 0.1) is 11.3 Å². The van der Waals surface area contributed by atoms with Crippen LogP contribution in [0.1, 0.15) is 15.9 Å². The Kier molecular flexibility index (Phi) is 3.08. The van der Waals surface area contributed by atoms with Gasteiger partial charge in [-0.25, -0.2) is 4.98 Å². The summed E-state index contributed by atoms with van der Waals surface area (Å²) in [5, 5.41) is 11.2. The largest absolute Gasteiger partial charge is 0.307 e. The summed E-state index contributed by atoms with van der Waals surface area (Å²) in [6.07, 6.45) is 4.49. The van der Waals surface area contributed by atoms with Crippen LogP contribution in [0.2, 0.25) is 0 Å². The molecule has 2 heterocycles. The van der Waals surface area contributed by atoms with Crippen LogP contribution >= 0.6 is 0 Å². The van der Waals surface area contributed by atoms with E-state index in [-0.39, 0.29) is 5.91 Å². The zero-order valence-electron chi connectivity index (χ0n) is 8.79. The molecule has 0 aliphatic heterocycles. The van der Waals surface area contributed by atoms with Gasteiger partial charge < -0.3 is 5.32 Å². The highest BCUT2D eigenvalue weighted by Gasteiger charge is 2.05. The quantitative estimate of drug-likeness (QED) is 0.840. The molecule has 17 heavy (non-hydrogen) atoms. The van der Waals surface area contributed by atoms with Crippen LogP contribution in [-0.2, 0) is 0 Å². The number of nitriles is 1. The lowest BCUT2D eigenvalue weighted by Crippen LogP contribution is -2.12. The van der Waals surface area contributed by atoms with Gasteiger partial charge in [0.05, 0.1) is 5.56 Å². The summed E-state index contributed by atoms with van der Waals surface area (Å²) in [7, 11) is 0. The van der Waals surface area contributed by atoms with Crippen molar-refractivity contribution < 1.29 is 4.79 Å². The molecule has 82 valence electrons. The summed E-state index contributed by atoms with van der Waals surface area (Å²) in [6, 6.07) is 8.35. The Morgan fingerprint density at radius 1 is 1.24 bits per heavy atom. The van der Waals surface area contributed by atoms with Gasteiger partial charge in [0.1, 0.15) is 11.9 Å². The fourth-order valence-corrected chi connectivity index (χ4v) is 1.23. The highest BCUT2D eigenvalue weighted by Crippen LogP contribution is 2.06. The van der Waals surface area contributed by atoms with Gasteiger partial charge in [-0.05, 0) is 24.3 Å². The van der Waals surface area contributed by atoms with Crippen molar-refractivity contribution in [1.29, 1.82) is 5.26 Å². The topological polar surface area (TPSA) is 78.7 Å². The minimum absolute atomic E-state index is 0.260. The Morgan fingerprint density at radius 2 is 2.00 bits per heavy atom. The molecule has 0 radical (unpaired) electrons. The molecule has 5 nitrogen and oxygen atoms in total. The van der Waals surface area contributed by atoms with E-state index >= 15 is 0 Å². The number of amides is 1. The summed E-state index contributed by atoms with van der Waals surface area (Å²) in [4.78, 5) is 19.5. The van der Waals surface area contributed by atoms with Crippen LogP contribution in [0.15, 0.2) is 42.9 Å². The summed E-state index contributed by atoms with van der Waals surface area (Å²) in [5.41, 5.74) is 0.957. The van der Waals surface area contributed by atoms with Crippen molar-refractivity contribution in [3.63, 3.8) is 0 Å². The highest BCUT2D eigenvalue weighted by molar-refractivity contribution is 6.03.